The van der Waals surface area contributed by atoms with E-state index < -0.39 is 6.04 Å². The number of ether oxygens (including phenoxy) is 1. The molecule has 3 aliphatic heterocycles. The van der Waals surface area contributed by atoms with Gasteiger partial charge in [-0.15, -0.1) is 11.8 Å². The number of esters is 1. The molecule has 2 atom stereocenters. The number of para-hydroxylation sites is 1. The fourth-order valence-electron chi connectivity index (χ4n) is 5.39. The molecule has 3 saturated heterocycles. The van der Waals surface area contributed by atoms with E-state index in [4.69, 9.17) is 4.74 Å². The molecule has 3 fully saturated rings. The van der Waals surface area contributed by atoms with E-state index in [1.54, 1.807) is 0 Å². The van der Waals surface area contributed by atoms with Crippen molar-refractivity contribution in [1.29, 1.82) is 0 Å². The van der Waals surface area contributed by atoms with Gasteiger partial charge in [0.1, 0.15) is 6.54 Å². The highest BCUT2D eigenvalue weighted by Gasteiger charge is 2.47. The van der Waals surface area contributed by atoms with E-state index in [1.165, 1.54) is 18.0 Å². The van der Waals surface area contributed by atoms with Crippen LogP contribution in [0.3, 0.4) is 0 Å². The molecule has 0 aliphatic carbocycles. The van der Waals surface area contributed by atoms with Gasteiger partial charge in [0.15, 0.2) is 12.1 Å². The van der Waals surface area contributed by atoms with Crippen LogP contribution in [0.25, 0.3) is 0 Å². The number of anilines is 1. The van der Waals surface area contributed by atoms with E-state index >= 15 is 0 Å². The average molecular weight is 490 g/mol. The molecule has 0 saturated carbocycles. The third kappa shape index (κ3) is 6.28. The zero-order valence-electron chi connectivity index (χ0n) is 19.5. The predicted octanol–water partition coefficient (Wildman–Crippen LogP) is 6.42. The van der Waals surface area contributed by atoms with Crippen molar-refractivity contribution in [3.63, 3.8) is 0 Å². The minimum Gasteiger partial charge on any atom is -0.454 e. The van der Waals surface area contributed by atoms with Gasteiger partial charge in [0.05, 0.1) is 19.6 Å². The maximum absolute atomic E-state index is 13.5. The van der Waals surface area contributed by atoms with Gasteiger partial charge in [0, 0.05) is 35.1 Å². The number of rotatable bonds is 9. The van der Waals surface area contributed by atoms with E-state index in [-0.39, 0.29) is 19.5 Å². The highest BCUT2D eigenvalue weighted by Crippen LogP contribution is 2.37. The Hall–Kier alpha value is -2.76. The van der Waals surface area contributed by atoms with Gasteiger partial charge in [-0.1, -0.05) is 74.2 Å². The monoisotopic (exact) mass is 489 g/mol. The minimum absolute atomic E-state index is 0. The van der Waals surface area contributed by atoms with Crippen molar-refractivity contribution in [1.82, 2.24) is 0 Å². The van der Waals surface area contributed by atoms with Gasteiger partial charge in [-0.05, 0) is 29.8 Å². The maximum atomic E-state index is 13.5. The van der Waals surface area contributed by atoms with Crippen LogP contribution < -0.4 is 5.32 Å². The lowest BCUT2D eigenvalue weighted by Crippen LogP contribution is -2.65. The smallest absolute Gasteiger partial charge is 0.333 e. The van der Waals surface area contributed by atoms with Crippen LogP contribution in [0.4, 0.5) is 5.69 Å². The van der Waals surface area contributed by atoms with Crippen molar-refractivity contribution in [3.8, 4) is 0 Å². The fraction of sp³-hybridized carbons (Fsp3) is 0.367. The van der Waals surface area contributed by atoms with Gasteiger partial charge in [-0.3, -0.25) is 0 Å². The lowest BCUT2D eigenvalue weighted by molar-refractivity contribution is -0.943. The summed E-state index contributed by atoms with van der Waals surface area (Å²) in [5.41, 5.74) is 1.85. The predicted molar refractivity (Wildman–Crippen MR) is 145 cm³/mol. The molecule has 4 nitrogen and oxygen atoms in total. The Morgan fingerprint density at radius 1 is 0.914 bits per heavy atom. The molecule has 3 aromatic rings. The topological polar surface area (TPSA) is 38.3 Å². The quantitative estimate of drug-likeness (QED) is 0.214. The molecule has 1 N–H and O–H groups in total. The first-order valence-electron chi connectivity index (χ1n) is 12.3. The number of benzene rings is 3. The number of hydrogen-bond acceptors (Lipinski definition) is 4. The molecule has 2 bridgehead atoms. The molecular formula is C30H37N2O2S+. The fourth-order valence-corrected chi connectivity index (χ4v) is 6.45. The number of carbonyl (C=O) groups excluding carboxylic acids is 1. The Balaban J connectivity index is 0.00000289. The Kier molecular flexibility index (Phi) is 8.53. The number of fused-ring (bicyclic) bond motifs is 3. The number of quaternary nitrogens is 1. The number of nitrogens with one attached hydrogen (secondary N) is 1. The molecule has 184 valence electrons. The Labute approximate surface area is 214 Å². The number of thioether (sulfide) groups is 1. The molecule has 35 heavy (non-hydrogen) atoms. The summed E-state index contributed by atoms with van der Waals surface area (Å²) in [7, 11) is 0. The van der Waals surface area contributed by atoms with Gasteiger partial charge >= 0.3 is 5.97 Å². The van der Waals surface area contributed by atoms with Crippen LogP contribution in [-0.2, 0) is 9.53 Å². The van der Waals surface area contributed by atoms with Crippen LogP contribution in [0.1, 0.15) is 31.9 Å². The molecule has 3 aromatic carbocycles. The molecule has 3 aliphatic rings. The lowest BCUT2D eigenvalue weighted by Gasteiger charge is -2.52. The summed E-state index contributed by atoms with van der Waals surface area (Å²) >= 11 is 1.93. The highest BCUT2D eigenvalue weighted by molar-refractivity contribution is 7.99. The first-order valence-corrected chi connectivity index (χ1v) is 13.3. The number of hydrogen-bond donors (Lipinski definition) is 1. The minimum atomic E-state index is -0.513. The van der Waals surface area contributed by atoms with Crippen LogP contribution in [0.2, 0.25) is 0 Å². The van der Waals surface area contributed by atoms with Crippen LogP contribution >= 0.6 is 11.8 Å². The molecular weight excluding hydrogens is 452 g/mol. The highest BCUT2D eigenvalue weighted by atomic mass is 32.2. The second kappa shape index (κ2) is 11.8. The largest absolute Gasteiger partial charge is 0.454 e. The van der Waals surface area contributed by atoms with Crippen molar-refractivity contribution >= 4 is 23.4 Å². The number of nitrogens with zero attached hydrogens (tertiary/aromatic N) is 1. The van der Waals surface area contributed by atoms with Crippen LogP contribution in [0.5, 0.6) is 0 Å². The summed E-state index contributed by atoms with van der Waals surface area (Å²) in [6.07, 6.45) is 2.30. The number of carbonyl (C=O) groups is 1. The van der Waals surface area contributed by atoms with Crippen molar-refractivity contribution in [2.24, 2.45) is 5.92 Å². The van der Waals surface area contributed by atoms with Crippen LogP contribution in [-0.4, -0.2) is 48.5 Å². The summed E-state index contributed by atoms with van der Waals surface area (Å²) in [5.74, 6) is 1.40. The van der Waals surface area contributed by atoms with Crippen molar-refractivity contribution in [3.05, 3.63) is 96.6 Å². The summed E-state index contributed by atoms with van der Waals surface area (Å²) in [4.78, 5) is 14.8. The molecule has 6 rings (SSSR count). The summed E-state index contributed by atoms with van der Waals surface area (Å²) < 4.78 is 7.36. The van der Waals surface area contributed by atoms with Gasteiger partial charge < -0.3 is 14.5 Å². The number of piperidine rings is 3. The van der Waals surface area contributed by atoms with Gasteiger partial charge in [0.2, 0.25) is 0 Å². The van der Waals surface area contributed by atoms with Crippen molar-refractivity contribution in [2.75, 3.05) is 37.2 Å². The molecule has 1 unspecified atom stereocenters. The average Bonchev–Trinajstić information content (AvgIpc) is 2.89. The normalized spacial score (nSPS) is 23.7. The summed E-state index contributed by atoms with van der Waals surface area (Å²) in [6, 6.07) is 29.9. The third-order valence-corrected chi connectivity index (χ3v) is 8.33. The first kappa shape index (κ1) is 25.3. The van der Waals surface area contributed by atoms with Gasteiger partial charge in [-0.25, -0.2) is 4.79 Å². The molecule has 0 aromatic heterocycles. The van der Waals surface area contributed by atoms with E-state index in [2.05, 4.69) is 35.6 Å². The van der Waals surface area contributed by atoms with Crippen molar-refractivity contribution < 1.29 is 14.0 Å². The molecule has 0 radical (unpaired) electrons. The second-order valence-electron chi connectivity index (χ2n) is 9.52. The SMILES string of the molecule is C.O=C(O[C@H]1C[N+]2(CCSc3ccccc3)CCC1CC2)C(Nc1ccccc1)c1ccccc1. The van der Waals surface area contributed by atoms with E-state index in [1.807, 2.05) is 72.4 Å². The molecule has 5 heteroatoms. The maximum Gasteiger partial charge on any atom is 0.333 e. The zero-order valence-corrected chi connectivity index (χ0v) is 20.3. The standard InChI is InChI=1S/C29H33N2O2S.CH4/c32-29(28(24-10-4-1-5-11-24)30-25-12-6-2-7-13-25)33-27-22-31(18-16-23(27)17-19-31)20-21-34-26-14-8-3-9-15-26;/h1-15,23,27-28,30H,16-22H2;1H4/q+1;/t23?,27-,28?,31?;/m0./s1. The van der Waals surface area contributed by atoms with E-state index in [0.29, 0.717) is 5.92 Å². The van der Waals surface area contributed by atoms with Crippen molar-refractivity contribution in [2.45, 2.75) is 37.3 Å². The molecule has 3 heterocycles. The lowest BCUT2D eigenvalue weighted by atomic mass is 9.83. The van der Waals surface area contributed by atoms with E-state index in [9.17, 15) is 4.79 Å². The molecule has 0 amide bonds. The molecule has 0 spiro atoms. The van der Waals surface area contributed by atoms with E-state index in [0.717, 1.165) is 47.4 Å². The van der Waals surface area contributed by atoms with Gasteiger partial charge in [0.25, 0.3) is 0 Å². The Morgan fingerprint density at radius 3 is 2.17 bits per heavy atom. The first-order chi connectivity index (χ1) is 16.7. The van der Waals surface area contributed by atoms with Crippen LogP contribution in [0, 0.1) is 5.92 Å². The third-order valence-electron chi connectivity index (χ3n) is 7.34. The Bertz CT molecular complexity index is 1050. The Morgan fingerprint density at radius 2 is 1.51 bits per heavy atom. The summed E-state index contributed by atoms with van der Waals surface area (Å²) in [6.45, 7) is 4.49. The zero-order chi connectivity index (χ0) is 23.2. The summed E-state index contributed by atoms with van der Waals surface area (Å²) in [5, 5.41) is 3.41. The second-order valence-corrected chi connectivity index (χ2v) is 10.7. The van der Waals surface area contributed by atoms with Crippen LogP contribution in [0.15, 0.2) is 95.9 Å². The van der Waals surface area contributed by atoms with Gasteiger partial charge in [-0.2, -0.15) is 0 Å².